The number of nitriles is 1. The molecule has 0 N–H and O–H groups in total. The Bertz CT molecular complexity index is 228. The zero-order chi connectivity index (χ0) is 10.4. The molecule has 0 aromatic heterocycles. The van der Waals surface area contributed by atoms with Crippen LogP contribution in [0, 0.1) is 11.3 Å². The van der Waals surface area contributed by atoms with Gasteiger partial charge >= 0.3 is 6.03 Å². The first kappa shape index (κ1) is 10.8. The average Bonchev–Trinajstić information content (AvgIpc) is 2.71. The van der Waals surface area contributed by atoms with Crippen LogP contribution in [0.25, 0.3) is 0 Å². The van der Waals surface area contributed by atoms with Crippen LogP contribution >= 0.6 is 0 Å². The van der Waals surface area contributed by atoms with Crippen LogP contribution in [0.2, 0.25) is 0 Å². The van der Waals surface area contributed by atoms with E-state index < -0.39 is 0 Å². The maximum absolute atomic E-state index is 11.8. The van der Waals surface area contributed by atoms with Crippen molar-refractivity contribution in [3.8, 4) is 6.07 Å². The Balaban J connectivity index is 2.42. The Morgan fingerprint density at radius 2 is 2.14 bits per heavy atom. The van der Waals surface area contributed by atoms with E-state index in [4.69, 9.17) is 5.26 Å². The monoisotopic (exact) mass is 195 g/mol. The predicted molar refractivity (Wildman–Crippen MR) is 53.7 cm³/mol. The van der Waals surface area contributed by atoms with Crippen LogP contribution in [0.15, 0.2) is 0 Å². The second-order valence-corrected chi connectivity index (χ2v) is 3.46. The van der Waals surface area contributed by atoms with Crippen LogP contribution in [0.3, 0.4) is 0 Å². The fourth-order valence-corrected chi connectivity index (χ4v) is 1.68. The summed E-state index contributed by atoms with van der Waals surface area (Å²) in [6.45, 7) is 4.95. The fraction of sp³-hybridized carbons (Fsp3) is 0.800. The Morgan fingerprint density at radius 3 is 2.64 bits per heavy atom. The molecule has 0 bridgehead atoms. The number of carbonyl (C=O) groups excluding carboxylic acids is 1. The van der Waals surface area contributed by atoms with E-state index in [0.29, 0.717) is 19.5 Å². The lowest BCUT2D eigenvalue weighted by Gasteiger charge is -2.25. The van der Waals surface area contributed by atoms with Gasteiger partial charge in [0.2, 0.25) is 0 Å². The normalized spacial score (nSPS) is 15.3. The van der Waals surface area contributed by atoms with Crippen molar-refractivity contribution < 1.29 is 4.79 Å². The van der Waals surface area contributed by atoms with Crippen molar-refractivity contribution >= 4 is 6.03 Å². The lowest BCUT2D eigenvalue weighted by Crippen LogP contribution is -2.42. The molecule has 1 fully saturated rings. The maximum atomic E-state index is 11.8. The highest BCUT2D eigenvalue weighted by Gasteiger charge is 2.21. The highest BCUT2D eigenvalue weighted by Crippen LogP contribution is 2.10. The summed E-state index contributed by atoms with van der Waals surface area (Å²) in [5, 5.41) is 8.46. The van der Waals surface area contributed by atoms with Crippen LogP contribution in [0.4, 0.5) is 4.79 Å². The van der Waals surface area contributed by atoms with Gasteiger partial charge in [0.1, 0.15) is 0 Å². The van der Waals surface area contributed by atoms with Gasteiger partial charge in [-0.05, 0) is 19.8 Å². The Kier molecular flexibility index (Phi) is 4.24. The molecule has 0 unspecified atom stereocenters. The summed E-state index contributed by atoms with van der Waals surface area (Å²) >= 11 is 0. The number of amides is 2. The van der Waals surface area contributed by atoms with Gasteiger partial charge in [0.15, 0.2) is 0 Å². The number of rotatable bonds is 3. The van der Waals surface area contributed by atoms with E-state index in [1.165, 1.54) is 0 Å². The number of urea groups is 1. The number of hydrogen-bond donors (Lipinski definition) is 0. The van der Waals surface area contributed by atoms with E-state index in [1.807, 2.05) is 11.8 Å². The van der Waals surface area contributed by atoms with Gasteiger partial charge in [0.05, 0.1) is 12.5 Å². The number of hydrogen-bond acceptors (Lipinski definition) is 2. The van der Waals surface area contributed by atoms with Gasteiger partial charge in [-0.1, -0.05) is 0 Å². The molecule has 0 radical (unpaired) electrons. The van der Waals surface area contributed by atoms with E-state index >= 15 is 0 Å². The van der Waals surface area contributed by atoms with Gasteiger partial charge in [0, 0.05) is 26.2 Å². The molecule has 4 heteroatoms. The number of likely N-dealkylation sites (tertiary alicyclic amines) is 1. The summed E-state index contributed by atoms with van der Waals surface area (Å²) in [5.41, 5.74) is 0. The third-order valence-electron chi connectivity index (χ3n) is 2.52. The summed E-state index contributed by atoms with van der Waals surface area (Å²) in [6, 6.07) is 2.16. The molecule has 14 heavy (non-hydrogen) atoms. The summed E-state index contributed by atoms with van der Waals surface area (Å²) in [5.74, 6) is 0. The van der Waals surface area contributed by atoms with Crippen molar-refractivity contribution in [1.82, 2.24) is 9.80 Å². The zero-order valence-electron chi connectivity index (χ0n) is 8.70. The Labute approximate surface area is 85.1 Å². The predicted octanol–water partition coefficient (Wildman–Crippen LogP) is 1.44. The van der Waals surface area contributed by atoms with E-state index in [9.17, 15) is 4.79 Å². The van der Waals surface area contributed by atoms with E-state index in [-0.39, 0.29) is 6.03 Å². The minimum Gasteiger partial charge on any atom is -0.325 e. The van der Waals surface area contributed by atoms with Crippen molar-refractivity contribution in [2.24, 2.45) is 0 Å². The van der Waals surface area contributed by atoms with Crippen molar-refractivity contribution in [1.29, 1.82) is 5.26 Å². The molecule has 2 amide bonds. The Morgan fingerprint density at radius 1 is 1.50 bits per heavy atom. The highest BCUT2D eigenvalue weighted by atomic mass is 16.2. The first-order chi connectivity index (χ1) is 6.79. The molecule has 1 saturated heterocycles. The van der Waals surface area contributed by atoms with E-state index in [2.05, 4.69) is 6.07 Å². The van der Waals surface area contributed by atoms with Crippen LogP contribution < -0.4 is 0 Å². The molecule has 1 rings (SSSR count). The average molecular weight is 195 g/mol. The van der Waals surface area contributed by atoms with Crippen molar-refractivity contribution in [3.63, 3.8) is 0 Å². The van der Waals surface area contributed by atoms with Gasteiger partial charge < -0.3 is 9.80 Å². The van der Waals surface area contributed by atoms with Crippen LogP contribution in [0.5, 0.6) is 0 Å². The number of nitrogens with zero attached hydrogens (tertiary/aromatic N) is 3. The molecule has 1 heterocycles. The SMILES string of the molecule is CCN(CCC#N)C(=O)N1CCCC1. The lowest BCUT2D eigenvalue weighted by atomic mass is 10.4. The largest absolute Gasteiger partial charge is 0.325 e. The van der Waals surface area contributed by atoms with Gasteiger partial charge in [-0.25, -0.2) is 4.79 Å². The molecule has 1 aliphatic rings. The molecule has 0 aliphatic carbocycles. The summed E-state index contributed by atoms with van der Waals surface area (Å²) in [7, 11) is 0. The van der Waals surface area contributed by atoms with Crippen LogP contribution in [0.1, 0.15) is 26.2 Å². The van der Waals surface area contributed by atoms with E-state index in [0.717, 1.165) is 25.9 Å². The first-order valence-electron chi connectivity index (χ1n) is 5.20. The molecule has 1 aliphatic heterocycles. The van der Waals surface area contributed by atoms with Crippen molar-refractivity contribution in [2.75, 3.05) is 26.2 Å². The molecule has 0 atom stereocenters. The molecule has 0 aromatic rings. The minimum atomic E-state index is 0.0975. The molecule has 0 spiro atoms. The third-order valence-corrected chi connectivity index (χ3v) is 2.52. The van der Waals surface area contributed by atoms with E-state index in [1.54, 1.807) is 4.90 Å². The van der Waals surface area contributed by atoms with Gasteiger partial charge in [0.25, 0.3) is 0 Å². The van der Waals surface area contributed by atoms with Crippen molar-refractivity contribution in [2.45, 2.75) is 26.2 Å². The number of carbonyl (C=O) groups is 1. The van der Waals surface area contributed by atoms with Crippen molar-refractivity contribution in [3.05, 3.63) is 0 Å². The first-order valence-corrected chi connectivity index (χ1v) is 5.20. The van der Waals surface area contributed by atoms with Crippen LogP contribution in [-0.2, 0) is 0 Å². The standard InChI is InChI=1S/C10H17N3O/c1-2-12(9-5-6-11)10(14)13-7-3-4-8-13/h2-5,7-9H2,1H3. The minimum absolute atomic E-state index is 0.0975. The van der Waals surface area contributed by atoms with Crippen LogP contribution in [-0.4, -0.2) is 42.0 Å². The van der Waals surface area contributed by atoms with Gasteiger partial charge in [-0.3, -0.25) is 0 Å². The summed E-state index contributed by atoms with van der Waals surface area (Å²) < 4.78 is 0. The zero-order valence-corrected chi connectivity index (χ0v) is 8.70. The molecule has 0 saturated carbocycles. The Hall–Kier alpha value is -1.24. The maximum Gasteiger partial charge on any atom is 0.320 e. The summed E-state index contributed by atoms with van der Waals surface area (Å²) in [6.07, 6.45) is 2.65. The van der Waals surface area contributed by atoms with Gasteiger partial charge in [-0.2, -0.15) is 5.26 Å². The topological polar surface area (TPSA) is 47.3 Å². The third kappa shape index (κ3) is 2.63. The highest BCUT2D eigenvalue weighted by molar-refractivity contribution is 5.74. The quantitative estimate of drug-likeness (QED) is 0.684. The lowest BCUT2D eigenvalue weighted by molar-refractivity contribution is 0.166. The smallest absolute Gasteiger partial charge is 0.320 e. The van der Waals surface area contributed by atoms with Gasteiger partial charge in [-0.15, -0.1) is 0 Å². The second-order valence-electron chi connectivity index (χ2n) is 3.46. The molecular formula is C10H17N3O. The molecule has 4 nitrogen and oxygen atoms in total. The summed E-state index contributed by atoms with van der Waals surface area (Å²) in [4.78, 5) is 15.4. The fourth-order valence-electron chi connectivity index (χ4n) is 1.68. The molecular weight excluding hydrogens is 178 g/mol. The second kappa shape index (κ2) is 5.48. The molecule has 78 valence electrons. The molecule has 0 aromatic carbocycles.